The van der Waals surface area contributed by atoms with Crippen molar-refractivity contribution in [3.8, 4) is 0 Å². The van der Waals surface area contributed by atoms with Crippen molar-refractivity contribution in [2.75, 3.05) is 19.6 Å². The van der Waals surface area contributed by atoms with Gasteiger partial charge < -0.3 is 10.6 Å². The molecule has 114 valence electrons. The summed E-state index contributed by atoms with van der Waals surface area (Å²) in [6.07, 6.45) is 2.07. The molecule has 1 aromatic carbocycles. The SMILES string of the molecule is O=C(NC1CCCNC1)C1CNNC1c1ccccc1F. The molecule has 0 bridgehead atoms. The summed E-state index contributed by atoms with van der Waals surface area (Å²) in [6, 6.07) is 6.44. The van der Waals surface area contributed by atoms with Crippen LogP contribution >= 0.6 is 0 Å². The quantitative estimate of drug-likeness (QED) is 0.653. The zero-order valence-corrected chi connectivity index (χ0v) is 11.9. The van der Waals surface area contributed by atoms with Gasteiger partial charge in [-0.05, 0) is 25.5 Å². The van der Waals surface area contributed by atoms with E-state index in [1.165, 1.54) is 6.07 Å². The molecular formula is C15H21FN4O. The normalized spacial score (nSPS) is 29.3. The van der Waals surface area contributed by atoms with Crippen molar-refractivity contribution in [3.05, 3.63) is 35.6 Å². The van der Waals surface area contributed by atoms with Crippen LogP contribution in [0.5, 0.6) is 0 Å². The number of hydrogen-bond acceptors (Lipinski definition) is 4. The standard InChI is InChI=1S/C15H21FN4O/c16-13-6-2-1-5-11(13)14-12(9-18-20-14)15(21)19-10-4-3-7-17-8-10/h1-2,5-6,10,12,14,17-18,20H,3-4,7-9H2,(H,19,21). The van der Waals surface area contributed by atoms with Gasteiger partial charge in [-0.2, -0.15) is 0 Å². The summed E-state index contributed by atoms with van der Waals surface area (Å²) in [7, 11) is 0. The minimum Gasteiger partial charge on any atom is -0.352 e. The summed E-state index contributed by atoms with van der Waals surface area (Å²) in [5, 5.41) is 6.35. The van der Waals surface area contributed by atoms with Gasteiger partial charge in [-0.1, -0.05) is 18.2 Å². The number of hydrazine groups is 1. The highest BCUT2D eigenvalue weighted by molar-refractivity contribution is 5.80. The molecule has 2 heterocycles. The van der Waals surface area contributed by atoms with Gasteiger partial charge in [0.05, 0.1) is 12.0 Å². The monoisotopic (exact) mass is 292 g/mol. The molecule has 2 fully saturated rings. The van der Waals surface area contributed by atoms with E-state index in [0.29, 0.717) is 12.1 Å². The van der Waals surface area contributed by atoms with Crippen LogP contribution in [-0.2, 0) is 4.79 Å². The summed E-state index contributed by atoms with van der Waals surface area (Å²) in [5.41, 5.74) is 6.52. The number of piperidine rings is 1. The van der Waals surface area contributed by atoms with Gasteiger partial charge in [0.1, 0.15) is 5.82 Å². The summed E-state index contributed by atoms with van der Waals surface area (Å²) in [6.45, 7) is 2.32. The molecule has 3 rings (SSSR count). The number of carbonyl (C=O) groups is 1. The van der Waals surface area contributed by atoms with Gasteiger partial charge in [0.15, 0.2) is 0 Å². The third-order valence-electron chi connectivity index (χ3n) is 4.20. The number of benzene rings is 1. The molecule has 21 heavy (non-hydrogen) atoms. The van der Waals surface area contributed by atoms with Gasteiger partial charge in [0, 0.05) is 24.7 Å². The molecule has 0 aliphatic carbocycles. The van der Waals surface area contributed by atoms with E-state index in [1.54, 1.807) is 18.2 Å². The van der Waals surface area contributed by atoms with Crippen molar-refractivity contribution < 1.29 is 9.18 Å². The molecule has 2 aliphatic heterocycles. The first-order valence-electron chi connectivity index (χ1n) is 7.49. The Morgan fingerprint density at radius 1 is 1.29 bits per heavy atom. The molecule has 4 N–H and O–H groups in total. The molecule has 6 heteroatoms. The highest BCUT2D eigenvalue weighted by atomic mass is 19.1. The number of nitrogens with one attached hydrogen (secondary N) is 4. The lowest BCUT2D eigenvalue weighted by Gasteiger charge is -2.26. The Balaban J connectivity index is 1.68. The minimum absolute atomic E-state index is 0.0190. The Kier molecular flexibility index (Phi) is 4.48. The van der Waals surface area contributed by atoms with E-state index in [0.717, 1.165) is 25.9 Å². The minimum atomic E-state index is -0.331. The fourth-order valence-electron chi connectivity index (χ4n) is 3.05. The topological polar surface area (TPSA) is 65.2 Å². The lowest BCUT2D eigenvalue weighted by Crippen LogP contribution is -2.48. The molecule has 0 aromatic heterocycles. The summed E-state index contributed by atoms with van der Waals surface area (Å²) in [4.78, 5) is 12.5. The Hall–Kier alpha value is -1.50. The highest BCUT2D eigenvalue weighted by Crippen LogP contribution is 2.27. The molecule has 1 amide bonds. The molecule has 5 nitrogen and oxygen atoms in total. The summed E-state index contributed by atoms with van der Waals surface area (Å²) < 4.78 is 13.9. The second-order valence-corrected chi connectivity index (χ2v) is 5.68. The Bertz CT molecular complexity index is 504. The van der Waals surface area contributed by atoms with E-state index in [2.05, 4.69) is 21.5 Å². The fraction of sp³-hybridized carbons (Fsp3) is 0.533. The predicted octanol–water partition coefficient (Wildman–Crippen LogP) is 0.459. The first kappa shape index (κ1) is 14.4. The first-order valence-corrected chi connectivity index (χ1v) is 7.49. The van der Waals surface area contributed by atoms with Crippen LogP contribution in [-0.4, -0.2) is 31.6 Å². The zero-order chi connectivity index (χ0) is 14.7. The lowest BCUT2D eigenvalue weighted by atomic mass is 9.93. The van der Waals surface area contributed by atoms with Gasteiger partial charge >= 0.3 is 0 Å². The average molecular weight is 292 g/mol. The van der Waals surface area contributed by atoms with E-state index in [4.69, 9.17) is 0 Å². The fourth-order valence-corrected chi connectivity index (χ4v) is 3.05. The van der Waals surface area contributed by atoms with Crippen LogP contribution in [0.1, 0.15) is 24.4 Å². The van der Waals surface area contributed by atoms with Gasteiger partial charge in [-0.3, -0.25) is 10.2 Å². The third kappa shape index (κ3) is 3.23. The van der Waals surface area contributed by atoms with E-state index in [-0.39, 0.29) is 29.7 Å². The largest absolute Gasteiger partial charge is 0.352 e. The molecule has 3 atom stereocenters. The van der Waals surface area contributed by atoms with Crippen molar-refractivity contribution in [2.45, 2.75) is 24.9 Å². The molecule has 2 aliphatic rings. The molecule has 3 unspecified atom stereocenters. The van der Waals surface area contributed by atoms with E-state index in [9.17, 15) is 9.18 Å². The van der Waals surface area contributed by atoms with Crippen LogP contribution in [0.15, 0.2) is 24.3 Å². The van der Waals surface area contributed by atoms with Gasteiger partial charge in [-0.25, -0.2) is 9.82 Å². The summed E-state index contributed by atoms with van der Waals surface area (Å²) in [5.74, 6) is -0.603. The van der Waals surface area contributed by atoms with E-state index < -0.39 is 0 Å². The second kappa shape index (κ2) is 6.51. The highest BCUT2D eigenvalue weighted by Gasteiger charge is 2.36. The Labute approximate surface area is 123 Å². The van der Waals surface area contributed by atoms with Crippen molar-refractivity contribution >= 4 is 5.91 Å². The molecule has 0 radical (unpaired) electrons. The molecule has 1 aromatic rings. The number of amides is 1. The summed E-state index contributed by atoms with van der Waals surface area (Å²) >= 11 is 0. The maximum atomic E-state index is 13.9. The van der Waals surface area contributed by atoms with Crippen LogP contribution in [0.3, 0.4) is 0 Å². The maximum absolute atomic E-state index is 13.9. The van der Waals surface area contributed by atoms with Crippen molar-refractivity contribution in [1.82, 2.24) is 21.5 Å². The molecular weight excluding hydrogens is 271 g/mol. The van der Waals surface area contributed by atoms with Crippen LogP contribution in [0.2, 0.25) is 0 Å². The first-order chi connectivity index (χ1) is 10.3. The van der Waals surface area contributed by atoms with Crippen molar-refractivity contribution in [3.63, 3.8) is 0 Å². The third-order valence-corrected chi connectivity index (χ3v) is 4.20. The molecule has 2 saturated heterocycles. The van der Waals surface area contributed by atoms with Crippen LogP contribution < -0.4 is 21.5 Å². The van der Waals surface area contributed by atoms with Crippen molar-refractivity contribution in [2.24, 2.45) is 5.92 Å². The van der Waals surface area contributed by atoms with Gasteiger partial charge in [0.2, 0.25) is 5.91 Å². The number of carbonyl (C=O) groups excluding carboxylic acids is 1. The zero-order valence-electron chi connectivity index (χ0n) is 11.9. The smallest absolute Gasteiger partial charge is 0.226 e. The van der Waals surface area contributed by atoms with E-state index >= 15 is 0 Å². The lowest BCUT2D eigenvalue weighted by molar-refractivity contribution is -0.125. The predicted molar refractivity (Wildman–Crippen MR) is 77.8 cm³/mol. The molecule has 0 spiro atoms. The van der Waals surface area contributed by atoms with Gasteiger partial charge in [-0.15, -0.1) is 0 Å². The van der Waals surface area contributed by atoms with Crippen LogP contribution in [0, 0.1) is 11.7 Å². The van der Waals surface area contributed by atoms with Crippen LogP contribution in [0.25, 0.3) is 0 Å². The number of halogens is 1. The van der Waals surface area contributed by atoms with Crippen LogP contribution in [0.4, 0.5) is 4.39 Å². The number of rotatable bonds is 3. The van der Waals surface area contributed by atoms with Crippen molar-refractivity contribution in [1.29, 1.82) is 0 Å². The number of hydrogen-bond donors (Lipinski definition) is 4. The van der Waals surface area contributed by atoms with E-state index in [1.807, 2.05) is 0 Å². The average Bonchev–Trinajstić information content (AvgIpc) is 2.98. The Morgan fingerprint density at radius 2 is 2.14 bits per heavy atom. The van der Waals surface area contributed by atoms with Gasteiger partial charge in [0.25, 0.3) is 0 Å². The maximum Gasteiger partial charge on any atom is 0.226 e. The molecule has 0 saturated carbocycles. The second-order valence-electron chi connectivity index (χ2n) is 5.68. The Morgan fingerprint density at radius 3 is 2.90 bits per heavy atom.